The molecule has 0 N–H and O–H groups in total. The standard InChI is InChI=1S/C18H19N3O3/c19-11-3-4-12-24-17(22)10-9-16-20-15-6-2-1-5-14(15)18(23)21(16)13-7-8-13/h1-2,5-6,13H,3-4,7-10,12H2. The summed E-state index contributed by atoms with van der Waals surface area (Å²) in [4.78, 5) is 29.1. The van der Waals surface area contributed by atoms with Crippen LogP contribution in [0.15, 0.2) is 29.1 Å². The molecule has 1 aliphatic carbocycles. The summed E-state index contributed by atoms with van der Waals surface area (Å²) in [6.07, 6.45) is 3.44. The van der Waals surface area contributed by atoms with E-state index in [0.717, 1.165) is 12.8 Å². The fourth-order valence-electron chi connectivity index (χ4n) is 2.70. The maximum Gasteiger partial charge on any atom is 0.306 e. The first-order valence-electron chi connectivity index (χ1n) is 8.23. The lowest BCUT2D eigenvalue weighted by Gasteiger charge is -2.12. The predicted molar refractivity (Wildman–Crippen MR) is 88.4 cm³/mol. The Morgan fingerprint density at radius 3 is 2.92 bits per heavy atom. The van der Waals surface area contributed by atoms with Gasteiger partial charge in [-0.2, -0.15) is 5.26 Å². The summed E-state index contributed by atoms with van der Waals surface area (Å²) in [6.45, 7) is 0.257. The first kappa shape index (κ1) is 16.2. The third-order valence-corrected chi connectivity index (χ3v) is 4.04. The second kappa shape index (κ2) is 7.26. The number of nitriles is 1. The molecule has 0 spiro atoms. The van der Waals surface area contributed by atoms with Gasteiger partial charge in [-0.15, -0.1) is 0 Å². The third kappa shape index (κ3) is 3.62. The van der Waals surface area contributed by atoms with Crippen LogP contribution in [0.2, 0.25) is 0 Å². The van der Waals surface area contributed by atoms with E-state index < -0.39 is 0 Å². The van der Waals surface area contributed by atoms with Crippen LogP contribution in [0.3, 0.4) is 0 Å². The van der Waals surface area contributed by atoms with Gasteiger partial charge in [-0.05, 0) is 31.4 Å². The van der Waals surface area contributed by atoms with Gasteiger partial charge < -0.3 is 4.74 Å². The molecule has 0 saturated heterocycles. The van der Waals surface area contributed by atoms with Crippen LogP contribution >= 0.6 is 0 Å². The highest BCUT2D eigenvalue weighted by Crippen LogP contribution is 2.34. The molecule has 1 heterocycles. The highest BCUT2D eigenvalue weighted by atomic mass is 16.5. The average molecular weight is 325 g/mol. The van der Waals surface area contributed by atoms with Crippen LogP contribution in [-0.2, 0) is 16.0 Å². The molecule has 3 rings (SSSR count). The van der Waals surface area contributed by atoms with Gasteiger partial charge in [0.1, 0.15) is 5.82 Å². The van der Waals surface area contributed by atoms with Gasteiger partial charge in [-0.25, -0.2) is 4.98 Å². The molecule has 24 heavy (non-hydrogen) atoms. The number of aromatic nitrogens is 2. The molecule has 0 radical (unpaired) electrons. The molecule has 1 aromatic carbocycles. The van der Waals surface area contributed by atoms with Crippen LogP contribution in [0.4, 0.5) is 0 Å². The molecule has 0 amide bonds. The van der Waals surface area contributed by atoms with Gasteiger partial charge in [0.2, 0.25) is 0 Å². The lowest BCUT2D eigenvalue weighted by Crippen LogP contribution is -2.25. The van der Waals surface area contributed by atoms with Crippen molar-refractivity contribution in [1.29, 1.82) is 5.26 Å². The van der Waals surface area contributed by atoms with Crippen molar-refractivity contribution in [2.45, 2.75) is 44.6 Å². The van der Waals surface area contributed by atoms with E-state index in [4.69, 9.17) is 10.00 Å². The van der Waals surface area contributed by atoms with Crippen molar-refractivity contribution in [1.82, 2.24) is 9.55 Å². The minimum absolute atomic E-state index is 0.0273. The van der Waals surface area contributed by atoms with Crippen LogP contribution in [0.5, 0.6) is 0 Å². The van der Waals surface area contributed by atoms with Gasteiger partial charge in [-0.3, -0.25) is 14.2 Å². The van der Waals surface area contributed by atoms with Gasteiger partial charge in [0.05, 0.1) is 30.0 Å². The van der Waals surface area contributed by atoms with Crippen LogP contribution in [0, 0.1) is 11.3 Å². The second-order valence-electron chi connectivity index (χ2n) is 5.93. The van der Waals surface area contributed by atoms with Crippen molar-refractivity contribution in [3.05, 3.63) is 40.4 Å². The van der Waals surface area contributed by atoms with E-state index >= 15 is 0 Å². The summed E-state index contributed by atoms with van der Waals surface area (Å²) in [5.41, 5.74) is 0.636. The first-order valence-corrected chi connectivity index (χ1v) is 8.23. The van der Waals surface area contributed by atoms with E-state index in [1.165, 1.54) is 0 Å². The number of benzene rings is 1. The minimum Gasteiger partial charge on any atom is -0.466 e. The van der Waals surface area contributed by atoms with Crippen molar-refractivity contribution in [2.75, 3.05) is 6.61 Å². The first-order chi connectivity index (χ1) is 11.7. The Morgan fingerprint density at radius 1 is 1.38 bits per heavy atom. The SMILES string of the molecule is N#CCCCOC(=O)CCc1nc2ccccc2c(=O)n1C1CC1. The average Bonchev–Trinajstić information content (AvgIpc) is 3.42. The number of para-hydroxylation sites is 1. The Hall–Kier alpha value is -2.68. The third-order valence-electron chi connectivity index (χ3n) is 4.04. The number of hydrogen-bond acceptors (Lipinski definition) is 5. The minimum atomic E-state index is -0.322. The van der Waals surface area contributed by atoms with Crippen LogP contribution in [-0.4, -0.2) is 22.1 Å². The monoisotopic (exact) mass is 325 g/mol. The number of hydrogen-bond donors (Lipinski definition) is 0. The molecule has 124 valence electrons. The summed E-state index contributed by atoms with van der Waals surface area (Å²) in [5, 5.41) is 9.07. The number of unbranched alkanes of at least 4 members (excludes halogenated alkanes) is 1. The summed E-state index contributed by atoms with van der Waals surface area (Å²) in [5.74, 6) is 0.327. The van der Waals surface area contributed by atoms with Crippen LogP contribution in [0.1, 0.15) is 44.0 Å². The van der Waals surface area contributed by atoms with E-state index in [-0.39, 0.29) is 30.6 Å². The maximum atomic E-state index is 12.7. The molecule has 0 aliphatic heterocycles. The van der Waals surface area contributed by atoms with Gasteiger partial charge in [0, 0.05) is 18.9 Å². The number of ether oxygens (including phenoxy) is 1. The van der Waals surface area contributed by atoms with Crippen molar-refractivity contribution >= 4 is 16.9 Å². The number of aryl methyl sites for hydroxylation is 1. The number of carbonyl (C=O) groups excluding carboxylic acids is 1. The molecule has 6 heteroatoms. The molecule has 1 aromatic heterocycles. The zero-order valence-corrected chi connectivity index (χ0v) is 13.4. The Balaban J connectivity index is 1.74. The summed E-state index contributed by atoms with van der Waals surface area (Å²) in [6, 6.07) is 9.51. The second-order valence-corrected chi connectivity index (χ2v) is 5.93. The molecule has 1 aliphatic rings. The Kier molecular flexibility index (Phi) is 4.90. The van der Waals surface area contributed by atoms with Gasteiger partial charge in [0.15, 0.2) is 0 Å². The van der Waals surface area contributed by atoms with Gasteiger partial charge in [-0.1, -0.05) is 12.1 Å². The Morgan fingerprint density at radius 2 is 2.17 bits per heavy atom. The number of rotatable bonds is 7. The van der Waals surface area contributed by atoms with E-state index in [0.29, 0.717) is 36.0 Å². The van der Waals surface area contributed by atoms with E-state index in [1.807, 2.05) is 24.3 Å². The molecular weight excluding hydrogens is 306 g/mol. The summed E-state index contributed by atoms with van der Waals surface area (Å²) < 4.78 is 6.84. The van der Waals surface area contributed by atoms with E-state index in [2.05, 4.69) is 4.98 Å². The molecule has 0 unspecified atom stereocenters. The van der Waals surface area contributed by atoms with Crippen molar-refractivity contribution in [3.8, 4) is 6.07 Å². The maximum absolute atomic E-state index is 12.7. The summed E-state index contributed by atoms with van der Waals surface area (Å²) in [7, 11) is 0. The van der Waals surface area contributed by atoms with Crippen LogP contribution < -0.4 is 5.56 Å². The zero-order chi connectivity index (χ0) is 16.9. The lowest BCUT2D eigenvalue weighted by atomic mass is 10.2. The number of carbonyl (C=O) groups is 1. The molecule has 1 fully saturated rings. The fraction of sp³-hybridized carbons (Fsp3) is 0.444. The Labute approximate surface area is 139 Å². The van der Waals surface area contributed by atoms with Crippen molar-refractivity contribution in [2.24, 2.45) is 0 Å². The van der Waals surface area contributed by atoms with Gasteiger partial charge in [0.25, 0.3) is 5.56 Å². The fourth-order valence-corrected chi connectivity index (χ4v) is 2.70. The smallest absolute Gasteiger partial charge is 0.306 e. The van der Waals surface area contributed by atoms with Crippen LogP contribution in [0.25, 0.3) is 10.9 Å². The highest BCUT2D eigenvalue weighted by molar-refractivity contribution is 5.77. The van der Waals surface area contributed by atoms with Crippen molar-refractivity contribution in [3.63, 3.8) is 0 Å². The molecule has 6 nitrogen and oxygen atoms in total. The largest absolute Gasteiger partial charge is 0.466 e. The van der Waals surface area contributed by atoms with E-state index in [1.54, 1.807) is 10.6 Å². The van der Waals surface area contributed by atoms with Crippen molar-refractivity contribution < 1.29 is 9.53 Å². The molecule has 2 aromatic rings. The molecule has 0 bridgehead atoms. The Bertz CT molecular complexity index is 847. The molecular formula is C18H19N3O3. The number of esters is 1. The molecule has 1 saturated carbocycles. The lowest BCUT2D eigenvalue weighted by molar-refractivity contribution is -0.143. The predicted octanol–water partition coefficient (Wildman–Crippen LogP) is 2.51. The number of nitrogens with zero attached hydrogens (tertiary/aromatic N) is 3. The topological polar surface area (TPSA) is 85.0 Å². The molecule has 0 atom stereocenters. The van der Waals surface area contributed by atoms with E-state index in [9.17, 15) is 9.59 Å². The summed E-state index contributed by atoms with van der Waals surface area (Å²) >= 11 is 0. The highest BCUT2D eigenvalue weighted by Gasteiger charge is 2.28. The quantitative estimate of drug-likeness (QED) is 0.577. The normalized spacial score (nSPS) is 13.6. The van der Waals surface area contributed by atoms with Gasteiger partial charge >= 0.3 is 5.97 Å². The zero-order valence-electron chi connectivity index (χ0n) is 13.4. The number of fused-ring (bicyclic) bond motifs is 1.